The molecule has 36 heavy (non-hydrogen) atoms. The van der Waals surface area contributed by atoms with E-state index in [-0.39, 0.29) is 0 Å². The molecule has 1 aliphatic heterocycles. The topological polar surface area (TPSA) is 90.8 Å². The lowest BCUT2D eigenvalue weighted by molar-refractivity contribution is 0.313. The van der Waals surface area contributed by atoms with Gasteiger partial charge in [0.1, 0.15) is 11.2 Å². The number of piperazine rings is 1. The molecule has 0 spiro atoms. The van der Waals surface area contributed by atoms with Crippen LogP contribution in [0, 0.1) is 0 Å². The minimum atomic E-state index is 0.759. The lowest BCUT2D eigenvalue weighted by Gasteiger charge is -2.33. The molecule has 0 aliphatic carbocycles. The first-order valence-corrected chi connectivity index (χ1v) is 12.5. The third-order valence-corrected chi connectivity index (χ3v) is 7.00. The molecule has 0 radical (unpaired) electrons. The summed E-state index contributed by atoms with van der Waals surface area (Å²) in [5.41, 5.74) is 8.22. The van der Waals surface area contributed by atoms with Gasteiger partial charge < -0.3 is 20.1 Å². The van der Waals surface area contributed by atoms with E-state index < -0.39 is 0 Å². The van der Waals surface area contributed by atoms with Crippen LogP contribution in [0.15, 0.2) is 49.1 Å². The number of hydrogen-bond acceptors (Lipinski definition) is 7. The number of nitrogens with one attached hydrogen (secondary N) is 2. The molecule has 184 valence electrons. The van der Waals surface area contributed by atoms with Crippen molar-refractivity contribution < 1.29 is 0 Å². The smallest absolute Gasteiger partial charge is 0.159 e. The molecule has 9 heteroatoms. The molecule has 0 atom stereocenters. The van der Waals surface area contributed by atoms with Crippen molar-refractivity contribution in [2.24, 2.45) is 7.05 Å². The minimum Gasteiger partial charge on any atom is -0.366 e. The van der Waals surface area contributed by atoms with E-state index in [0.717, 1.165) is 89.5 Å². The number of rotatable bonds is 6. The Morgan fingerprint density at radius 3 is 2.61 bits per heavy atom. The van der Waals surface area contributed by atoms with Crippen molar-refractivity contribution in [3.63, 3.8) is 0 Å². The predicted octanol–water partition coefficient (Wildman–Crippen LogP) is 3.43. The fraction of sp³-hybridized carbons (Fsp3) is 0.333. The Bertz CT molecular complexity index is 1530. The summed E-state index contributed by atoms with van der Waals surface area (Å²) in [7, 11) is 4.14. The van der Waals surface area contributed by atoms with Crippen LogP contribution in [-0.2, 0) is 13.6 Å². The lowest BCUT2D eigenvalue weighted by Crippen LogP contribution is -2.44. The van der Waals surface area contributed by atoms with E-state index >= 15 is 0 Å². The molecule has 0 amide bonds. The highest BCUT2D eigenvalue weighted by molar-refractivity contribution is 5.97. The number of pyridine rings is 2. The van der Waals surface area contributed by atoms with Crippen LogP contribution in [0.2, 0.25) is 0 Å². The molecule has 1 fully saturated rings. The van der Waals surface area contributed by atoms with E-state index in [1.807, 2.05) is 36.5 Å². The number of anilines is 1. The van der Waals surface area contributed by atoms with E-state index in [1.54, 1.807) is 0 Å². The molecule has 0 bridgehead atoms. The Hall–Kier alpha value is -3.82. The lowest BCUT2D eigenvalue weighted by atomic mass is 10.0. The van der Waals surface area contributed by atoms with Gasteiger partial charge in [0.15, 0.2) is 5.82 Å². The normalized spacial score (nSPS) is 14.8. The van der Waals surface area contributed by atoms with Crippen molar-refractivity contribution in [1.29, 1.82) is 0 Å². The van der Waals surface area contributed by atoms with Gasteiger partial charge >= 0.3 is 0 Å². The monoisotopic (exact) mass is 481 g/mol. The van der Waals surface area contributed by atoms with Crippen LogP contribution in [0.3, 0.4) is 0 Å². The SMILES string of the molecule is CCNCc1cncc(-c2ccc3c(c2)c(-c2nc4c(N5CCN(C)CC5)cncc4[nH]2)nn3C)c1. The summed E-state index contributed by atoms with van der Waals surface area (Å²) in [5.74, 6) is 0.759. The molecular formula is C27H31N9. The zero-order chi connectivity index (χ0) is 24.6. The number of nitrogens with zero attached hydrogens (tertiary/aromatic N) is 7. The van der Waals surface area contributed by atoms with Gasteiger partial charge in [-0.25, -0.2) is 4.98 Å². The highest BCUT2D eigenvalue weighted by Crippen LogP contribution is 2.33. The molecule has 1 saturated heterocycles. The molecule has 0 saturated carbocycles. The zero-order valence-electron chi connectivity index (χ0n) is 21.0. The second-order valence-corrected chi connectivity index (χ2v) is 9.50. The van der Waals surface area contributed by atoms with Crippen molar-refractivity contribution in [1.82, 2.24) is 39.9 Å². The molecular weight excluding hydrogens is 450 g/mol. The van der Waals surface area contributed by atoms with Crippen molar-refractivity contribution in [3.8, 4) is 22.6 Å². The Morgan fingerprint density at radius 1 is 0.944 bits per heavy atom. The van der Waals surface area contributed by atoms with E-state index in [0.29, 0.717) is 0 Å². The van der Waals surface area contributed by atoms with Crippen LogP contribution in [0.25, 0.3) is 44.6 Å². The summed E-state index contributed by atoms with van der Waals surface area (Å²) in [6.07, 6.45) is 7.62. The minimum absolute atomic E-state index is 0.759. The van der Waals surface area contributed by atoms with Crippen LogP contribution in [0.1, 0.15) is 12.5 Å². The van der Waals surface area contributed by atoms with Gasteiger partial charge in [-0.05, 0) is 42.9 Å². The maximum atomic E-state index is 5.04. The summed E-state index contributed by atoms with van der Waals surface area (Å²) in [4.78, 5) is 22.2. The number of imidazole rings is 1. The summed E-state index contributed by atoms with van der Waals surface area (Å²) in [5, 5.41) is 9.29. The van der Waals surface area contributed by atoms with Gasteiger partial charge in [-0.1, -0.05) is 13.0 Å². The second kappa shape index (κ2) is 9.33. The Morgan fingerprint density at radius 2 is 1.78 bits per heavy atom. The van der Waals surface area contributed by atoms with Crippen LogP contribution in [0.4, 0.5) is 5.69 Å². The second-order valence-electron chi connectivity index (χ2n) is 9.50. The van der Waals surface area contributed by atoms with Crippen molar-refractivity contribution in [2.75, 3.05) is 44.7 Å². The summed E-state index contributed by atoms with van der Waals surface area (Å²) >= 11 is 0. The maximum absolute atomic E-state index is 5.04. The van der Waals surface area contributed by atoms with Gasteiger partial charge in [0, 0.05) is 63.1 Å². The molecule has 2 N–H and O–H groups in total. The van der Waals surface area contributed by atoms with Crippen molar-refractivity contribution in [2.45, 2.75) is 13.5 Å². The highest BCUT2D eigenvalue weighted by atomic mass is 15.3. The van der Waals surface area contributed by atoms with Crippen LogP contribution < -0.4 is 10.2 Å². The molecule has 9 nitrogen and oxygen atoms in total. The average Bonchev–Trinajstić information content (AvgIpc) is 3.49. The van der Waals surface area contributed by atoms with E-state index in [9.17, 15) is 0 Å². The van der Waals surface area contributed by atoms with Gasteiger partial charge in [0.2, 0.25) is 0 Å². The average molecular weight is 482 g/mol. The number of aromatic amines is 1. The molecule has 6 rings (SSSR count). The Kier molecular flexibility index (Phi) is 5.86. The third kappa shape index (κ3) is 4.10. The number of likely N-dealkylation sites (N-methyl/N-ethyl adjacent to an activating group) is 1. The van der Waals surface area contributed by atoms with Crippen molar-refractivity contribution >= 4 is 27.6 Å². The van der Waals surface area contributed by atoms with Crippen molar-refractivity contribution in [3.05, 3.63) is 54.6 Å². The van der Waals surface area contributed by atoms with E-state index in [2.05, 4.69) is 68.3 Å². The highest BCUT2D eigenvalue weighted by Gasteiger charge is 2.21. The summed E-state index contributed by atoms with van der Waals surface area (Å²) < 4.78 is 1.92. The Balaban J connectivity index is 1.41. The first-order chi connectivity index (χ1) is 17.6. The van der Waals surface area contributed by atoms with Crippen LogP contribution in [-0.4, -0.2) is 74.4 Å². The van der Waals surface area contributed by atoms with Crippen LogP contribution in [0.5, 0.6) is 0 Å². The molecule has 1 aromatic carbocycles. The number of fused-ring (bicyclic) bond motifs is 2. The number of aryl methyl sites for hydroxylation is 1. The van der Waals surface area contributed by atoms with Gasteiger partial charge in [0.25, 0.3) is 0 Å². The molecule has 0 unspecified atom stereocenters. The fourth-order valence-corrected chi connectivity index (χ4v) is 4.94. The van der Waals surface area contributed by atoms with E-state index in [1.165, 1.54) is 5.56 Å². The number of benzene rings is 1. The van der Waals surface area contributed by atoms with Gasteiger partial charge in [0.05, 0.1) is 29.1 Å². The van der Waals surface area contributed by atoms with E-state index in [4.69, 9.17) is 10.1 Å². The number of H-pyrrole nitrogens is 1. The molecule has 4 aromatic heterocycles. The fourth-order valence-electron chi connectivity index (χ4n) is 4.94. The zero-order valence-corrected chi connectivity index (χ0v) is 21.0. The number of aromatic nitrogens is 6. The standard InChI is InChI=1S/C27H31N9/c1-4-28-13-18-11-20(15-29-14-18)19-5-6-23-21(12-19)25(33-35(23)3)27-31-22-16-30-17-24(26(22)32-27)36-9-7-34(2)8-10-36/h5-6,11-12,14-17,28H,4,7-10,13H2,1-3H3,(H,31,32). The summed E-state index contributed by atoms with van der Waals surface area (Å²) in [6, 6.07) is 8.65. The van der Waals surface area contributed by atoms with Gasteiger partial charge in [-0.15, -0.1) is 0 Å². The van der Waals surface area contributed by atoms with Gasteiger partial charge in [-0.3, -0.25) is 14.6 Å². The molecule has 5 aromatic rings. The summed E-state index contributed by atoms with van der Waals surface area (Å²) in [6.45, 7) is 7.85. The Labute approximate surface area is 210 Å². The van der Waals surface area contributed by atoms with Crippen LogP contribution >= 0.6 is 0 Å². The maximum Gasteiger partial charge on any atom is 0.159 e. The molecule has 5 heterocycles. The first kappa shape index (κ1) is 22.6. The van der Waals surface area contributed by atoms with Gasteiger partial charge in [-0.2, -0.15) is 5.10 Å². The number of hydrogen-bond donors (Lipinski definition) is 2. The largest absolute Gasteiger partial charge is 0.366 e. The predicted molar refractivity (Wildman–Crippen MR) is 144 cm³/mol. The third-order valence-electron chi connectivity index (χ3n) is 7.00. The molecule has 1 aliphatic rings. The first-order valence-electron chi connectivity index (χ1n) is 12.5. The quantitative estimate of drug-likeness (QED) is 0.384.